The van der Waals surface area contributed by atoms with Gasteiger partial charge in [-0.25, -0.2) is 9.59 Å². The van der Waals surface area contributed by atoms with Crippen molar-refractivity contribution in [3.05, 3.63) is 122 Å². The summed E-state index contributed by atoms with van der Waals surface area (Å²) in [6.07, 6.45) is 0. The van der Waals surface area contributed by atoms with Gasteiger partial charge in [-0.15, -0.1) is 0 Å². The summed E-state index contributed by atoms with van der Waals surface area (Å²) < 4.78 is 21.5. The van der Waals surface area contributed by atoms with Crippen LogP contribution >= 0.6 is 0 Å². The minimum Gasteiger partial charge on any atom is -0.427 e. The molecule has 4 aromatic rings. The summed E-state index contributed by atoms with van der Waals surface area (Å²) in [6.45, 7) is 2.46. The van der Waals surface area contributed by atoms with Crippen LogP contribution in [0.5, 0.6) is 11.6 Å². The number of benzene rings is 2. The molecule has 2 atom stereocenters. The second-order valence-corrected chi connectivity index (χ2v) is 8.98. The van der Waals surface area contributed by atoms with Crippen molar-refractivity contribution >= 4 is 11.9 Å². The summed E-state index contributed by atoms with van der Waals surface area (Å²) in [4.78, 5) is 52.5. The van der Waals surface area contributed by atoms with Gasteiger partial charge >= 0.3 is 23.2 Å². The van der Waals surface area contributed by atoms with E-state index in [0.29, 0.717) is 5.76 Å². The number of hydrogen-bond acceptors (Lipinski definition) is 9. The van der Waals surface area contributed by atoms with Gasteiger partial charge in [-0.05, 0) is 11.1 Å². The highest BCUT2D eigenvalue weighted by Gasteiger charge is 2.56. The first-order valence-electron chi connectivity index (χ1n) is 11.9. The number of ether oxygens (including phenoxy) is 2. The summed E-state index contributed by atoms with van der Waals surface area (Å²) in [6, 6.07) is 22.6. The highest BCUT2D eigenvalue weighted by atomic mass is 16.5. The number of carbonyl (C=O) groups is 2. The van der Waals surface area contributed by atoms with Crippen LogP contribution in [0.3, 0.4) is 0 Å². The highest BCUT2D eigenvalue weighted by molar-refractivity contribution is 5.69. The molecule has 9 heteroatoms. The molecule has 2 heterocycles. The molecule has 1 fully saturated rings. The molecule has 9 nitrogen and oxygen atoms in total. The lowest BCUT2D eigenvalue weighted by Crippen LogP contribution is -2.41. The topological polar surface area (TPSA) is 126 Å². The summed E-state index contributed by atoms with van der Waals surface area (Å²) in [7, 11) is 0. The smallest absolute Gasteiger partial charge is 0.342 e. The minimum atomic E-state index is -0.711. The van der Waals surface area contributed by atoms with Crippen LogP contribution in [0.2, 0.25) is 0 Å². The zero-order valence-corrected chi connectivity index (χ0v) is 20.5. The van der Waals surface area contributed by atoms with Crippen molar-refractivity contribution in [3.8, 4) is 11.6 Å². The Bertz CT molecular complexity index is 1460. The van der Waals surface area contributed by atoms with E-state index in [2.05, 4.69) is 4.98 Å². The van der Waals surface area contributed by atoms with Gasteiger partial charge in [0, 0.05) is 37.7 Å². The molecule has 0 aliphatic heterocycles. The second kappa shape index (κ2) is 10.3. The van der Waals surface area contributed by atoms with Crippen molar-refractivity contribution < 1.29 is 27.9 Å². The second-order valence-electron chi connectivity index (χ2n) is 8.98. The van der Waals surface area contributed by atoms with E-state index in [1.807, 2.05) is 60.7 Å². The van der Waals surface area contributed by atoms with Gasteiger partial charge in [-0.1, -0.05) is 60.7 Å². The molecule has 2 aromatic heterocycles. The third-order valence-corrected chi connectivity index (χ3v) is 6.47. The molecule has 0 spiro atoms. The van der Waals surface area contributed by atoms with E-state index >= 15 is 0 Å². The molecule has 38 heavy (non-hydrogen) atoms. The fraction of sp³-hybridized carbons (Fsp3) is 0.207. The molecule has 1 aliphatic carbocycles. The molecule has 2 unspecified atom stereocenters. The highest BCUT2D eigenvalue weighted by Crippen LogP contribution is 2.66. The molecule has 0 amide bonds. The molecule has 192 valence electrons. The van der Waals surface area contributed by atoms with Crippen LogP contribution in [-0.2, 0) is 9.59 Å². The summed E-state index contributed by atoms with van der Waals surface area (Å²) in [5.41, 5.74) is 0.397. The van der Waals surface area contributed by atoms with Crippen molar-refractivity contribution in [1.82, 2.24) is 4.98 Å². The van der Waals surface area contributed by atoms with Crippen molar-refractivity contribution in [2.24, 2.45) is 0 Å². The molecular formula is C29H23NO8. The lowest BCUT2D eigenvalue weighted by Gasteiger charge is -2.50. The van der Waals surface area contributed by atoms with Gasteiger partial charge in [-0.2, -0.15) is 4.98 Å². The van der Waals surface area contributed by atoms with Crippen molar-refractivity contribution in [2.45, 2.75) is 37.5 Å². The Balaban J connectivity index is 1.71. The number of aromatic nitrogens is 1. The molecule has 1 aliphatic rings. The third-order valence-electron chi connectivity index (χ3n) is 6.47. The maximum Gasteiger partial charge on any atom is 0.342 e. The van der Waals surface area contributed by atoms with Crippen LogP contribution in [0.4, 0.5) is 0 Å². The Hall–Kier alpha value is -4.79. The van der Waals surface area contributed by atoms with E-state index < -0.39 is 35.0 Å². The van der Waals surface area contributed by atoms with Gasteiger partial charge in [0.25, 0.3) is 0 Å². The lowest BCUT2D eigenvalue weighted by atomic mass is 9.51. The Morgan fingerprint density at radius 3 is 1.79 bits per heavy atom. The Labute approximate surface area is 216 Å². The van der Waals surface area contributed by atoms with Crippen LogP contribution in [0.15, 0.2) is 97.3 Å². The van der Waals surface area contributed by atoms with E-state index in [0.717, 1.165) is 23.3 Å². The largest absolute Gasteiger partial charge is 0.427 e. The molecule has 0 saturated heterocycles. The van der Waals surface area contributed by atoms with Gasteiger partial charge in [0.1, 0.15) is 11.5 Å². The van der Waals surface area contributed by atoms with E-state index in [1.165, 1.54) is 19.9 Å². The van der Waals surface area contributed by atoms with E-state index in [-0.39, 0.29) is 29.4 Å². The van der Waals surface area contributed by atoms with Gasteiger partial charge < -0.3 is 18.3 Å². The van der Waals surface area contributed by atoms with Crippen LogP contribution in [0.1, 0.15) is 60.3 Å². The summed E-state index contributed by atoms with van der Waals surface area (Å²) >= 11 is 0. The predicted molar refractivity (Wildman–Crippen MR) is 134 cm³/mol. The quantitative estimate of drug-likeness (QED) is 0.347. The van der Waals surface area contributed by atoms with Crippen LogP contribution in [0.25, 0.3) is 0 Å². The van der Waals surface area contributed by atoms with Gasteiger partial charge in [0.05, 0.1) is 18.1 Å². The van der Waals surface area contributed by atoms with Crippen LogP contribution in [0, 0.1) is 0 Å². The van der Waals surface area contributed by atoms with E-state index in [4.69, 9.17) is 18.3 Å². The zero-order valence-electron chi connectivity index (χ0n) is 20.5. The molecule has 5 rings (SSSR count). The molecular weight excluding hydrogens is 490 g/mol. The first-order chi connectivity index (χ1) is 18.3. The third kappa shape index (κ3) is 5.04. The summed E-state index contributed by atoms with van der Waals surface area (Å²) in [5.74, 6) is -2.50. The van der Waals surface area contributed by atoms with Gasteiger partial charge in [0.15, 0.2) is 0 Å². The predicted octanol–water partition coefficient (Wildman–Crippen LogP) is 4.29. The molecule has 1 saturated carbocycles. The Morgan fingerprint density at radius 2 is 1.24 bits per heavy atom. The SMILES string of the molecule is CC(=O)Oc1cc(C2C(c3ccccc3)C(c3nc(OC(C)=O)cc(=O)o3)C2c2ccccc2)oc(=O)c1. The van der Waals surface area contributed by atoms with Gasteiger partial charge in [-0.3, -0.25) is 9.59 Å². The molecule has 0 bridgehead atoms. The first-order valence-corrected chi connectivity index (χ1v) is 11.9. The van der Waals surface area contributed by atoms with E-state index in [1.54, 1.807) is 0 Å². The van der Waals surface area contributed by atoms with Crippen molar-refractivity contribution in [2.75, 3.05) is 0 Å². The maximum absolute atomic E-state index is 12.5. The average molecular weight is 514 g/mol. The number of rotatable bonds is 6. The van der Waals surface area contributed by atoms with Gasteiger partial charge in [0.2, 0.25) is 11.8 Å². The van der Waals surface area contributed by atoms with Crippen LogP contribution < -0.4 is 20.7 Å². The maximum atomic E-state index is 12.5. The van der Waals surface area contributed by atoms with E-state index in [9.17, 15) is 19.2 Å². The Kier molecular flexibility index (Phi) is 6.74. The summed E-state index contributed by atoms with van der Waals surface area (Å²) in [5, 5.41) is 0. The fourth-order valence-electron chi connectivity index (χ4n) is 5.19. The average Bonchev–Trinajstić information content (AvgIpc) is 2.83. The number of nitrogens with zero attached hydrogens (tertiary/aromatic N) is 1. The standard InChI is InChI=1S/C29H23NO8/c1-16(31)35-20-13-21(37-23(33)14-20)27-25(18-9-5-3-6-10-18)28(26(27)19-11-7-4-8-12-19)29-30-22(36-17(2)32)15-24(34)38-29/h3-15,25-28H,1-2H3. The van der Waals surface area contributed by atoms with Crippen molar-refractivity contribution in [3.63, 3.8) is 0 Å². The molecule has 2 aromatic carbocycles. The monoisotopic (exact) mass is 513 g/mol. The fourth-order valence-corrected chi connectivity index (χ4v) is 5.19. The number of hydrogen-bond donors (Lipinski definition) is 0. The minimum absolute atomic E-state index is 0.0762. The first kappa shape index (κ1) is 24.9. The molecule has 0 N–H and O–H groups in total. The number of esters is 2. The zero-order chi connectivity index (χ0) is 26.8. The normalized spacial score (nSPS) is 20.3. The van der Waals surface area contributed by atoms with Crippen molar-refractivity contribution in [1.29, 1.82) is 0 Å². The van der Waals surface area contributed by atoms with Crippen LogP contribution in [-0.4, -0.2) is 16.9 Å². The molecule has 0 radical (unpaired) electrons. The number of carbonyl (C=O) groups excluding carboxylic acids is 2. The Morgan fingerprint density at radius 1 is 0.684 bits per heavy atom. The lowest BCUT2D eigenvalue weighted by molar-refractivity contribution is -0.133.